The average molecular weight is 259 g/mol. The summed E-state index contributed by atoms with van der Waals surface area (Å²) < 4.78 is 0. The Labute approximate surface area is 118 Å². The topological polar surface area (TPSA) is 12.0 Å². The lowest BCUT2D eigenvalue weighted by molar-refractivity contribution is 0.363. The van der Waals surface area contributed by atoms with E-state index in [2.05, 4.69) is 52.1 Å². The average Bonchev–Trinajstić information content (AvgIpc) is 2.78. The quantitative estimate of drug-likeness (QED) is 0.826. The summed E-state index contributed by atoms with van der Waals surface area (Å²) in [5.74, 6) is 1.72. The summed E-state index contributed by atoms with van der Waals surface area (Å²) in [6.07, 6.45) is 4.16. The summed E-state index contributed by atoms with van der Waals surface area (Å²) in [6.45, 7) is 12.4. The highest BCUT2D eigenvalue weighted by Crippen LogP contribution is 2.40. The van der Waals surface area contributed by atoms with Gasteiger partial charge in [0.2, 0.25) is 0 Å². The molecule has 1 saturated carbocycles. The van der Waals surface area contributed by atoms with Crippen molar-refractivity contribution < 1.29 is 0 Å². The van der Waals surface area contributed by atoms with Gasteiger partial charge in [0.15, 0.2) is 0 Å². The Bertz CT molecular complexity index is 436. The molecule has 1 heteroatoms. The van der Waals surface area contributed by atoms with Gasteiger partial charge < -0.3 is 5.32 Å². The fraction of sp³-hybridized carbons (Fsp3) is 0.667. The van der Waals surface area contributed by atoms with Crippen molar-refractivity contribution in [3.63, 3.8) is 0 Å². The SMILES string of the molecule is CCNC(c1cc(C)c(C)cc1C)C1CCC(C)C1. The van der Waals surface area contributed by atoms with Crippen molar-refractivity contribution in [3.8, 4) is 0 Å². The zero-order valence-electron chi connectivity index (χ0n) is 13.2. The van der Waals surface area contributed by atoms with Gasteiger partial charge in [0.25, 0.3) is 0 Å². The largest absolute Gasteiger partial charge is 0.310 e. The van der Waals surface area contributed by atoms with Crippen LogP contribution < -0.4 is 5.32 Å². The lowest BCUT2D eigenvalue weighted by Gasteiger charge is -2.27. The van der Waals surface area contributed by atoms with Gasteiger partial charge in [-0.2, -0.15) is 0 Å². The van der Waals surface area contributed by atoms with Crippen LogP contribution in [0.5, 0.6) is 0 Å². The second kappa shape index (κ2) is 6.09. The molecule has 0 amide bonds. The highest BCUT2D eigenvalue weighted by atomic mass is 14.9. The monoisotopic (exact) mass is 259 g/mol. The molecule has 1 fully saturated rings. The van der Waals surface area contributed by atoms with Gasteiger partial charge in [-0.3, -0.25) is 0 Å². The van der Waals surface area contributed by atoms with Gasteiger partial charge in [-0.1, -0.05) is 32.4 Å². The number of nitrogens with one attached hydrogen (secondary N) is 1. The van der Waals surface area contributed by atoms with Crippen LogP contribution in [0.15, 0.2) is 12.1 Å². The van der Waals surface area contributed by atoms with Crippen molar-refractivity contribution in [2.24, 2.45) is 11.8 Å². The predicted molar refractivity (Wildman–Crippen MR) is 83.6 cm³/mol. The maximum Gasteiger partial charge on any atom is 0.0351 e. The summed E-state index contributed by atoms with van der Waals surface area (Å²) in [7, 11) is 0. The Kier molecular flexibility index (Phi) is 4.67. The third-order valence-electron chi connectivity index (χ3n) is 4.85. The number of rotatable bonds is 4. The van der Waals surface area contributed by atoms with Crippen LogP contribution in [0.25, 0.3) is 0 Å². The Hall–Kier alpha value is -0.820. The van der Waals surface area contributed by atoms with E-state index in [0.717, 1.165) is 18.4 Å². The fourth-order valence-corrected chi connectivity index (χ4v) is 3.62. The van der Waals surface area contributed by atoms with Crippen LogP contribution in [-0.4, -0.2) is 6.54 Å². The summed E-state index contributed by atoms with van der Waals surface area (Å²) in [5.41, 5.74) is 5.82. The van der Waals surface area contributed by atoms with E-state index in [9.17, 15) is 0 Å². The van der Waals surface area contributed by atoms with Gasteiger partial charge in [-0.05, 0) is 74.2 Å². The van der Waals surface area contributed by atoms with Crippen LogP contribution in [0, 0.1) is 32.6 Å². The standard InChI is InChI=1S/C18H29N/c1-6-19-18(16-8-7-12(2)9-16)17-11-14(4)13(3)10-15(17)5/h10-12,16,18-19H,6-9H2,1-5H3. The molecular weight excluding hydrogens is 230 g/mol. The molecule has 106 valence electrons. The van der Waals surface area contributed by atoms with Crippen molar-refractivity contribution in [1.82, 2.24) is 5.32 Å². The van der Waals surface area contributed by atoms with Gasteiger partial charge in [-0.15, -0.1) is 0 Å². The van der Waals surface area contributed by atoms with Crippen LogP contribution in [0.2, 0.25) is 0 Å². The maximum atomic E-state index is 3.75. The highest BCUT2D eigenvalue weighted by Gasteiger charge is 2.30. The van der Waals surface area contributed by atoms with Crippen LogP contribution in [0.1, 0.15) is 61.4 Å². The van der Waals surface area contributed by atoms with E-state index < -0.39 is 0 Å². The lowest BCUT2D eigenvalue weighted by atomic mass is 9.86. The zero-order chi connectivity index (χ0) is 14.0. The molecule has 0 bridgehead atoms. The van der Waals surface area contributed by atoms with Gasteiger partial charge in [-0.25, -0.2) is 0 Å². The Balaban J connectivity index is 2.30. The molecule has 1 aliphatic rings. The molecule has 0 spiro atoms. The van der Waals surface area contributed by atoms with Crippen molar-refractivity contribution >= 4 is 0 Å². The number of hydrogen-bond donors (Lipinski definition) is 1. The molecule has 1 aromatic carbocycles. The van der Waals surface area contributed by atoms with E-state index in [1.165, 1.54) is 41.5 Å². The van der Waals surface area contributed by atoms with Crippen LogP contribution in [0.4, 0.5) is 0 Å². The zero-order valence-corrected chi connectivity index (χ0v) is 13.2. The molecule has 2 rings (SSSR count). The predicted octanol–water partition coefficient (Wildman–Crippen LogP) is 4.70. The van der Waals surface area contributed by atoms with E-state index in [1.54, 1.807) is 0 Å². The minimum atomic E-state index is 0.550. The summed E-state index contributed by atoms with van der Waals surface area (Å²) >= 11 is 0. The van der Waals surface area contributed by atoms with Gasteiger partial charge in [0, 0.05) is 6.04 Å². The molecule has 0 radical (unpaired) electrons. The fourth-order valence-electron chi connectivity index (χ4n) is 3.62. The minimum Gasteiger partial charge on any atom is -0.310 e. The van der Waals surface area contributed by atoms with E-state index in [4.69, 9.17) is 0 Å². The number of benzene rings is 1. The van der Waals surface area contributed by atoms with Gasteiger partial charge >= 0.3 is 0 Å². The Morgan fingerprint density at radius 2 is 1.79 bits per heavy atom. The molecule has 0 heterocycles. The number of aryl methyl sites for hydroxylation is 3. The Morgan fingerprint density at radius 3 is 2.37 bits per heavy atom. The summed E-state index contributed by atoms with van der Waals surface area (Å²) in [6, 6.07) is 5.32. The highest BCUT2D eigenvalue weighted by molar-refractivity contribution is 5.38. The first-order valence-corrected chi connectivity index (χ1v) is 7.84. The molecule has 0 aliphatic heterocycles. The summed E-state index contributed by atoms with van der Waals surface area (Å²) in [5, 5.41) is 3.75. The van der Waals surface area contributed by atoms with E-state index in [0.29, 0.717) is 6.04 Å². The smallest absolute Gasteiger partial charge is 0.0351 e. The second-order valence-corrected chi connectivity index (χ2v) is 6.51. The van der Waals surface area contributed by atoms with Crippen molar-refractivity contribution in [1.29, 1.82) is 0 Å². The van der Waals surface area contributed by atoms with Gasteiger partial charge in [0.05, 0.1) is 0 Å². The van der Waals surface area contributed by atoms with Crippen LogP contribution in [-0.2, 0) is 0 Å². The molecule has 0 aromatic heterocycles. The van der Waals surface area contributed by atoms with E-state index >= 15 is 0 Å². The van der Waals surface area contributed by atoms with Crippen LogP contribution >= 0.6 is 0 Å². The third kappa shape index (κ3) is 3.20. The molecule has 1 aliphatic carbocycles. The Morgan fingerprint density at radius 1 is 1.11 bits per heavy atom. The normalized spacial score (nSPS) is 24.7. The third-order valence-corrected chi connectivity index (χ3v) is 4.85. The molecule has 3 atom stereocenters. The van der Waals surface area contributed by atoms with Crippen molar-refractivity contribution in [3.05, 3.63) is 34.4 Å². The van der Waals surface area contributed by atoms with Crippen molar-refractivity contribution in [2.45, 2.75) is 59.9 Å². The first kappa shape index (κ1) is 14.6. The lowest BCUT2D eigenvalue weighted by Crippen LogP contribution is -2.28. The molecule has 0 saturated heterocycles. The van der Waals surface area contributed by atoms with Gasteiger partial charge in [0.1, 0.15) is 0 Å². The second-order valence-electron chi connectivity index (χ2n) is 6.51. The first-order chi connectivity index (χ1) is 9.02. The van der Waals surface area contributed by atoms with Crippen molar-refractivity contribution in [2.75, 3.05) is 6.54 Å². The van der Waals surface area contributed by atoms with E-state index in [1.807, 2.05) is 0 Å². The minimum absolute atomic E-state index is 0.550. The first-order valence-electron chi connectivity index (χ1n) is 7.84. The molecule has 1 nitrogen and oxygen atoms in total. The molecular formula is C18H29N. The molecule has 19 heavy (non-hydrogen) atoms. The van der Waals surface area contributed by atoms with E-state index in [-0.39, 0.29) is 0 Å². The maximum absolute atomic E-state index is 3.75. The molecule has 3 unspecified atom stereocenters. The number of hydrogen-bond acceptors (Lipinski definition) is 1. The molecule has 1 N–H and O–H groups in total. The molecule has 1 aromatic rings. The summed E-state index contributed by atoms with van der Waals surface area (Å²) in [4.78, 5) is 0. The van der Waals surface area contributed by atoms with Crippen LogP contribution in [0.3, 0.4) is 0 Å².